The second kappa shape index (κ2) is 8.15. The topological polar surface area (TPSA) is 87.6 Å². The summed E-state index contributed by atoms with van der Waals surface area (Å²) < 4.78 is 10.3. The van der Waals surface area contributed by atoms with Crippen LogP contribution in [0, 0.1) is 6.92 Å². The maximum atomic E-state index is 12.3. The Bertz CT molecular complexity index is 670. The number of hydrogen-bond donors (Lipinski definition) is 1. The highest BCUT2D eigenvalue weighted by molar-refractivity contribution is 5.74. The number of nitrogens with zero attached hydrogens (tertiary/aromatic N) is 4. The van der Waals surface area contributed by atoms with E-state index in [4.69, 9.17) is 8.94 Å². The Morgan fingerprint density at radius 2 is 2.32 bits per heavy atom. The molecule has 1 fully saturated rings. The van der Waals surface area contributed by atoms with Gasteiger partial charge in [0.1, 0.15) is 5.76 Å². The van der Waals surface area contributed by atoms with Crippen molar-refractivity contribution in [2.45, 2.75) is 45.3 Å². The number of aromatic nitrogens is 2. The predicted molar refractivity (Wildman–Crippen MR) is 90.7 cm³/mol. The maximum Gasteiger partial charge on any atom is 0.317 e. The van der Waals surface area contributed by atoms with E-state index < -0.39 is 0 Å². The highest BCUT2D eigenvalue weighted by Gasteiger charge is 2.23. The van der Waals surface area contributed by atoms with Gasteiger partial charge in [-0.15, -0.1) is 0 Å². The van der Waals surface area contributed by atoms with Crippen LogP contribution in [0.2, 0.25) is 0 Å². The summed E-state index contributed by atoms with van der Waals surface area (Å²) in [6, 6.07) is 4.04. The van der Waals surface area contributed by atoms with Crippen LogP contribution in [0.25, 0.3) is 0 Å². The third-order valence-electron chi connectivity index (χ3n) is 4.56. The Balaban J connectivity index is 1.46. The molecule has 1 aliphatic rings. The van der Waals surface area contributed by atoms with Gasteiger partial charge in [0, 0.05) is 26.1 Å². The number of likely N-dealkylation sites (tertiary alicyclic amines) is 1. The van der Waals surface area contributed by atoms with E-state index in [9.17, 15) is 4.79 Å². The van der Waals surface area contributed by atoms with Crippen molar-refractivity contribution in [1.82, 2.24) is 25.3 Å². The van der Waals surface area contributed by atoms with Gasteiger partial charge in [0.15, 0.2) is 5.82 Å². The molecule has 1 atom stereocenters. The molecule has 3 heterocycles. The molecular formula is C17H25N5O3. The van der Waals surface area contributed by atoms with Gasteiger partial charge in [-0.25, -0.2) is 4.79 Å². The number of carbonyl (C=O) groups excluding carboxylic acids is 1. The lowest BCUT2D eigenvalue weighted by molar-refractivity contribution is 0.189. The molecule has 136 valence electrons. The van der Waals surface area contributed by atoms with Crippen LogP contribution in [0.5, 0.6) is 0 Å². The summed E-state index contributed by atoms with van der Waals surface area (Å²) in [7, 11) is 2.07. The molecule has 2 aromatic rings. The third kappa shape index (κ3) is 4.82. The number of rotatable bonds is 5. The molecule has 0 spiro atoms. The van der Waals surface area contributed by atoms with Crippen molar-refractivity contribution in [3.05, 3.63) is 35.9 Å². The number of hydrogen-bond acceptors (Lipinski definition) is 6. The van der Waals surface area contributed by atoms with E-state index in [-0.39, 0.29) is 6.03 Å². The first-order valence-corrected chi connectivity index (χ1v) is 8.66. The molecule has 8 heteroatoms. The number of aryl methyl sites for hydroxylation is 1. The van der Waals surface area contributed by atoms with Crippen molar-refractivity contribution in [3.8, 4) is 0 Å². The Labute approximate surface area is 147 Å². The van der Waals surface area contributed by atoms with E-state index in [1.807, 2.05) is 17.0 Å². The lowest BCUT2D eigenvalue weighted by atomic mass is 10.1. The molecule has 0 saturated carbocycles. The van der Waals surface area contributed by atoms with E-state index in [1.54, 1.807) is 13.2 Å². The molecule has 2 aromatic heterocycles. The van der Waals surface area contributed by atoms with Crippen molar-refractivity contribution in [3.63, 3.8) is 0 Å². The average molecular weight is 347 g/mol. The molecule has 0 aromatic carbocycles. The molecule has 0 radical (unpaired) electrons. The van der Waals surface area contributed by atoms with E-state index in [0.717, 1.165) is 38.1 Å². The van der Waals surface area contributed by atoms with Crippen molar-refractivity contribution in [1.29, 1.82) is 0 Å². The fourth-order valence-electron chi connectivity index (χ4n) is 3.17. The largest absolute Gasteiger partial charge is 0.467 e. The fraction of sp³-hybridized carbons (Fsp3) is 0.588. The van der Waals surface area contributed by atoms with Gasteiger partial charge in [-0.1, -0.05) is 5.16 Å². The van der Waals surface area contributed by atoms with E-state index in [2.05, 4.69) is 27.4 Å². The quantitative estimate of drug-likeness (QED) is 0.892. The lowest BCUT2D eigenvalue weighted by Crippen LogP contribution is -2.40. The van der Waals surface area contributed by atoms with Gasteiger partial charge in [-0.05, 0) is 38.4 Å². The first-order chi connectivity index (χ1) is 12.1. The van der Waals surface area contributed by atoms with Crippen LogP contribution < -0.4 is 5.32 Å². The highest BCUT2D eigenvalue weighted by Crippen LogP contribution is 2.17. The van der Waals surface area contributed by atoms with Crippen LogP contribution in [0.15, 0.2) is 27.3 Å². The summed E-state index contributed by atoms with van der Waals surface area (Å²) in [6.07, 6.45) is 4.57. The van der Waals surface area contributed by atoms with E-state index >= 15 is 0 Å². The molecule has 1 N–H and O–H groups in total. The van der Waals surface area contributed by atoms with Crippen LogP contribution in [0.1, 0.15) is 36.7 Å². The molecule has 0 bridgehead atoms. The molecule has 1 saturated heterocycles. The molecule has 8 nitrogen and oxygen atoms in total. The SMILES string of the molecule is Cc1nc(CN(C)C2CCCN(C(=O)NCc3ccco3)CC2)no1. The van der Waals surface area contributed by atoms with Gasteiger partial charge < -0.3 is 19.2 Å². The second-order valence-corrected chi connectivity index (χ2v) is 6.45. The molecule has 1 unspecified atom stereocenters. The van der Waals surface area contributed by atoms with Gasteiger partial charge in [-0.3, -0.25) is 4.90 Å². The van der Waals surface area contributed by atoms with Gasteiger partial charge >= 0.3 is 6.03 Å². The summed E-state index contributed by atoms with van der Waals surface area (Å²) in [6.45, 7) is 4.39. The molecule has 25 heavy (non-hydrogen) atoms. The molecule has 1 aliphatic heterocycles. The lowest BCUT2D eigenvalue weighted by Gasteiger charge is -2.26. The fourth-order valence-corrected chi connectivity index (χ4v) is 3.17. The minimum absolute atomic E-state index is 0.0338. The summed E-state index contributed by atoms with van der Waals surface area (Å²) in [4.78, 5) is 20.7. The number of furan rings is 1. The molecule has 3 rings (SSSR count). The van der Waals surface area contributed by atoms with Gasteiger partial charge in [-0.2, -0.15) is 4.98 Å². The van der Waals surface area contributed by atoms with Crippen molar-refractivity contribution < 1.29 is 13.7 Å². The molecule has 0 aliphatic carbocycles. The summed E-state index contributed by atoms with van der Waals surface area (Å²) in [5, 5.41) is 6.87. The van der Waals surface area contributed by atoms with Crippen LogP contribution in [0.3, 0.4) is 0 Å². The minimum atomic E-state index is -0.0338. The zero-order valence-electron chi connectivity index (χ0n) is 14.8. The number of urea groups is 1. The number of nitrogens with one attached hydrogen (secondary N) is 1. The normalized spacial score (nSPS) is 18.4. The van der Waals surface area contributed by atoms with Crippen molar-refractivity contribution in [2.75, 3.05) is 20.1 Å². The predicted octanol–water partition coefficient (Wildman–Crippen LogP) is 2.17. The van der Waals surface area contributed by atoms with E-state index in [1.165, 1.54) is 0 Å². The highest BCUT2D eigenvalue weighted by atomic mass is 16.5. The second-order valence-electron chi connectivity index (χ2n) is 6.45. The maximum absolute atomic E-state index is 12.3. The first-order valence-electron chi connectivity index (χ1n) is 8.66. The molecular weight excluding hydrogens is 322 g/mol. The van der Waals surface area contributed by atoms with Crippen molar-refractivity contribution in [2.24, 2.45) is 0 Å². The smallest absolute Gasteiger partial charge is 0.317 e. The minimum Gasteiger partial charge on any atom is -0.467 e. The Morgan fingerprint density at radius 3 is 3.04 bits per heavy atom. The van der Waals surface area contributed by atoms with Crippen LogP contribution >= 0.6 is 0 Å². The van der Waals surface area contributed by atoms with Crippen LogP contribution in [-0.2, 0) is 13.1 Å². The first kappa shape index (κ1) is 17.5. The summed E-state index contributed by atoms with van der Waals surface area (Å²) >= 11 is 0. The van der Waals surface area contributed by atoms with Gasteiger partial charge in [0.05, 0.1) is 19.4 Å². The zero-order valence-corrected chi connectivity index (χ0v) is 14.8. The number of carbonyl (C=O) groups is 1. The Morgan fingerprint density at radius 1 is 1.44 bits per heavy atom. The van der Waals surface area contributed by atoms with E-state index in [0.29, 0.717) is 30.8 Å². The van der Waals surface area contributed by atoms with Gasteiger partial charge in [0.25, 0.3) is 0 Å². The summed E-state index contributed by atoms with van der Waals surface area (Å²) in [5.74, 6) is 2.05. The standard InChI is InChI=1S/C17H25N5O3/c1-13-19-16(20-25-13)12-21(2)14-5-3-8-22(9-7-14)17(23)18-11-15-6-4-10-24-15/h4,6,10,14H,3,5,7-9,11-12H2,1-2H3,(H,18,23). The summed E-state index contributed by atoms with van der Waals surface area (Å²) in [5.41, 5.74) is 0. The average Bonchev–Trinajstić information content (AvgIpc) is 3.18. The Hall–Kier alpha value is -2.35. The zero-order chi connectivity index (χ0) is 17.6. The third-order valence-corrected chi connectivity index (χ3v) is 4.56. The number of amides is 2. The van der Waals surface area contributed by atoms with Crippen LogP contribution in [-0.4, -0.2) is 52.2 Å². The Kier molecular flexibility index (Phi) is 5.70. The molecule has 2 amide bonds. The van der Waals surface area contributed by atoms with Crippen LogP contribution in [0.4, 0.5) is 4.79 Å². The van der Waals surface area contributed by atoms with Crippen molar-refractivity contribution >= 4 is 6.03 Å². The van der Waals surface area contributed by atoms with Gasteiger partial charge in [0.2, 0.25) is 5.89 Å². The monoisotopic (exact) mass is 347 g/mol.